The number of aromatic nitrogens is 2. The molecular formula is C13H20N2O2. The van der Waals surface area contributed by atoms with Gasteiger partial charge >= 0.3 is 0 Å². The Morgan fingerprint density at radius 2 is 2.18 bits per heavy atom. The molecule has 1 saturated carbocycles. The molecule has 2 rings (SSSR count). The van der Waals surface area contributed by atoms with E-state index >= 15 is 0 Å². The first-order chi connectivity index (χ1) is 7.90. The summed E-state index contributed by atoms with van der Waals surface area (Å²) in [6.45, 7) is 6.15. The normalized spacial score (nSPS) is 28.0. The summed E-state index contributed by atoms with van der Waals surface area (Å²) in [7, 11) is 0. The molecule has 2 unspecified atom stereocenters. The summed E-state index contributed by atoms with van der Waals surface area (Å²) in [5, 5.41) is 14.1. The van der Waals surface area contributed by atoms with Crippen LogP contribution in [0.5, 0.6) is 0 Å². The van der Waals surface area contributed by atoms with Gasteiger partial charge in [0, 0.05) is 6.07 Å². The van der Waals surface area contributed by atoms with Crippen molar-refractivity contribution in [2.45, 2.75) is 52.2 Å². The van der Waals surface area contributed by atoms with Crippen molar-refractivity contribution >= 4 is 0 Å². The highest BCUT2D eigenvalue weighted by Crippen LogP contribution is 2.42. The Bertz CT molecular complexity index is 465. The number of aryl methyl sites for hydroxylation is 1. The zero-order chi connectivity index (χ0) is 12.6. The van der Waals surface area contributed by atoms with Crippen molar-refractivity contribution in [3.8, 4) is 0 Å². The Kier molecular flexibility index (Phi) is 3.08. The number of nitrogens with zero attached hydrogens (tertiary/aromatic N) is 2. The van der Waals surface area contributed by atoms with Gasteiger partial charge in [0.25, 0.3) is 5.56 Å². The molecule has 1 aliphatic rings. The number of aliphatic hydroxyl groups excluding tert-OH is 1. The van der Waals surface area contributed by atoms with Crippen molar-refractivity contribution in [2.24, 2.45) is 5.41 Å². The lowest BCUT2D eigenvalue weighted by atomic mass is 9.72. The van der Waals surface area contributed by atoms with Gasteiger partial charge in [0.15, 0.2) is 0 Å². The Morgan fingerprint density at radius 3 is 2.88 bits per heavy atom. The number of rotatable bonds is 1. The zero-order valence-corrected chi connectivity index (χ0v) is 10.7. The summed E-state index contributed by atoms with van der Waals surface area (Å²) in [5.41, 5.74) is 0.757. The average molecular weight is 236 g/mol. The smallest absolute Gasteiger partial charge is 0.267 e. The van der Waals surface area contributed by atoms with Crippen LogP contribution in [-0.2, 0) is 0 Å². The molecule has 0 radical (unpaired) electrons. The number of aliphatic hydroxyl groups is 1. The van der Waals surface area contributed by atoms with Gasteiger partial charge in [-0.15, -0.1) is 0 Å². The van der Waals surface area contributed by atoms with Crippen LogP contribution in [0.2, 0.25) is 0 Å². The molecule has 1 fully saturated rings. The molecule has 0 aromatic carbocycles. The predicted molar refractivity (Wildman–Crippen MR) is 65.9 cm³/mol. The van der Waals surface area contributed by atoms with Gasteiger partial charge in [0.05, 0.1) is 17.8 Å². The maximum Gasteiger partial charge on any atom is 0.267 e. The molecule has 1 N–H and O–H groups in total. The Labute approximate surface area is 101 Å². The summed E-state index contributed by atoms with van der Waals surface area (Å²) in [4.78, 5) is 11.9. The van der Waals surface area contributed by atoms with Gasteiger partial charge in [0.1, 0.15) is 0 Å². The van der Waals surface area contributed by atoms with E-state index in [9.17, 15) is 9.90 Å². The van der Waals surface area contributed by atoms with Crippen LogP contribution in [-0.4, -0.2) is 21.0 Å². The lowest BCUT2D eigenvalue weighted by Crippen LogP contribution is -2.41. The lowest BCUT2D eigenvalue weighted by Gasteiger charge is -2.40. The molecule has 0 amide bonds. The highest BCUT2D eigenvalue weighted by Gasteiger charge is 2.38. The molecule has 94 valence electrons. The van der Waals surface area contributed by atoms with E-state index in [-0.39, 0.29) is 23.1 Å². The van der Waals surface area contributed by atoms with Gasteiger partial charge in [-0.2, -0.15) is 5.10 Å². The van der Waals surface area contributed by atoms with Crippen LogP contribution < -0.4 is 5.56 Å². The van der Waals surface area contributed by atoms with Crippen LogP contribution >= 0.6 is 0 Å². The van der Waals surface area contributed by atoms with E-state index in [4.69, 9.17) is 0 Å². The van der Waals surface area contributed by atoms with Gasteiger partial charge in [-0.05, 0) is 37.7 Å². The summed E-state index contributed by atoms with van der Waals surface area (Å²) in [6.07, 6.45) is 2.02. The molecule has 2 atom stereocenters. The summed E-state index contributed by atoms with van der Waals surface area (Å²) in [6, 6.07) is 3.27. The molecule has 1 aromatic rings. The molecule has 1 aliphatic carbocycles. The standard InChI is InChI=1S/C13H20N2O2/c1-9-4-5-12(17)15(14-9)11-8-10(16)6-7-13(11,2)3/h4-5,10-11,16H,6-8H2,1-3H3. The Morgan fingerprint density at radius 1 is 1.47 bits per heavy atom. The minimum atomic E-state index is -0.317. The van der Waals surface area contributed by atoms with Crippen LogP contribution in [0.3, 0.4) is 0 Å². The van der Waals surface area contributed by atoms with E-state index in [2.05, 4.69) is 18.9 Å². The van der Waals surface area contributed by atoms with Gasteiger partial charge in [-0.25, -0.2) is 4.68 Å². The zero-order valence-electron chi connectivity index (χ0n) is 10.7. The van der Waals surface area contributed by atoms with Crippen molar-refractivity contribution in [3.05, 3.63) is 28.2 Å². The minimum absolute atomic E-state index is 0.00382. The maximum atomic E-state index is 11.9. The largest absolute Gasteiger partial charge is 0.393 e. The second kappa shape index (κ2) is 4.26. The van der Waals surface area contributed by atoms with Gasteiger partial charge < -0.3 is 5.11 Å². The van der Waals surface area contributed by atoms with Crippen LogP contribution in [0, 0.1) is 12.3 Å². The molecule has 0 bridgehead atoms. The first-order valence-electron chi connectivity index (χ1n) is 6.15. The molecule has 17 heavy (non-hydrogen) atoms. The second-order valence-electron chi connectivity index (χ2n) is 5.69. The molecule has 1 aromatic heterocycles. The van der Waals surface area contributed by atoms with Crippen LogP contribution in [0.4, 0.5) is 0 Å². The Balaban J connectivity index is 2.43. The van der Waals surface area contributed by atoms with E-state index in [0.717, 1.165) is 18.5 Å². The molecule has 0 aliphatic heterocycles. The second-order valence-corrected chi connectivity index (χ2v) is 5.69. The summed E-state index contributed by atoms with van der Waals surface area (Å²) >= 11 is 0. The van der Waals surface area contributed by atoms with Crippen LogP contribution in [0.25, 0.3) is 0 Å². The third-order valence-electron chi connectivity index (χ3n) is 3.77. The van der Waals surface area contributed by atoms with Gasteiger partial charge in [-0.3, -0.25) is 4.79 Å². The van der Waals surface area contributed by atoms with E-state index in [1.807, 2.05) is 6.92 Å². The van der Waals surface area contributed by atoms with E-state index in [0.29, 0.717) is 6.42 Å². The van der Waals surface area contributed by atoms with Crippen molar-refractivity contribution in [1.82, 2.24) is 9.78 Å². The molecule has 4 heteroatoms. The minimum Gasteiger partial charge on any atom is -0.393 e. The fraction of sp³-hybridized carbons (Fsp3) is 0.692. The van der Waals surface area contributed by atoms with E-state index in [1.165, 1.54) is 0 Å². The topological polar surface area (TPSA) is 55.1 Å². The molecule has 4 nitrogen and oxygen atoms in total. The highest BCUT2D eigenvalue weighted by atomic mass is 16.3. The Hall–Kier alpha value is -1.16. The van der Waals surface area contributed by atoms with E-state index in [1.54, 1.807) is 16.8 Å². The van der Waals surface area contributed by atoms with Gasteiger partial charge in [-0.1, -0.05) is 13.8 Å². The third-order valence-corrected chi connectivity index (χ3v) is 3.77. The maximum absolute atomic E-state index is 11.9. The fourth-order valence-corrected chi connectivity index (χ4v) is 2.57. The van der Waals surface area contributed by atoms with Gasteiger partial charge in [0.2, 0.25) is 0 Å². The highest BCUT2D eigenvalue weighted by molar-refractivity contribution is 5.00. The van der Waals surface area contributed by atoms with E-state index < -0.39 is 0 Å². The van der Waals surface area contributed by atoms with Crippen molar-refractivity contribution in [3.63, 3.8) is 0 Å². The lowest BCUT2D eigenvalue weighted by molar-refractivity contribution is 0.0269. The molecule has 0 saturated heterocycles. The van der Waals surface area contributed by atoms with Crippen molar-refractivity contribution < 1.29 is 5.11 Å². The first kappa shape index (κ1) is 12.3. The third kappa shape index (κ3) is 2.41. The molecule has 1 heterocycles. The van der Waals surface area contributed by atoms with Crippen LogP contribution in [0.1, 0.15) is 44.8 Å². The summed E-state index contributed by atoms with van der Waals surface area (Å²) in [5.74, 6) is 0. The SMILES string of the molecule is Cc1ccc(=O)n(C2CC(O)CCC2(C)C)n1. The first-order valence-corrected chi connectivity index (χ1v) is 6.15. The molecular weight excluding hydrogens is 216 g/mol. The molecule has 0 spiro atoms. The average Bonchev–Trinajstić information content (AvgIpc) is 2.26. The van der Waals surface area contributed by atoms with Crippen molar-refractivity contribution in [1.29, 1.82) is 0 Å². The predicted octanol–water partition coefficient (Wildman–Crippen LogP) is 1.66. The van der Waals surface area contributed by atoms with Crippen molar-refractivity contribution in [2.75, 3.05) is 0 Å². The quantitative estimate of drug-likeness (QED) is 0.807. The fourth-order valence-electron chi connectivity index (χ4n) is 2.57. The summed E-state index contributed by atoms with van der Waals surface area (Å²) < 4.78 is 1.55. The monoisotopic (exact) mass is 236 g/mol. The van der Waals surface area contributed by atoms with Crippen LogP contribution in [0.15, 0.2) is 16.9 Å². The number of hydrogen-bond donors (Lipinski definition) is 1. The number of hydrogen-bond acceptors (Lipinski definition) is 3.